The largest absolute Gasteiger partial charge is 0.383 e. The molecule has 0 saturated heterocycles. The minimum absolute atomic E-state index is 0.322. The van der Waals surface area contributed by atoms with Gasteiger partial charge in [-0.25, -0.2) is 0 Å². The Balaban J connectivity index is 1.94. The van der Waals surface area contributed by atoms with E-state index in [0.29, 0.717) is 23.0 Å². The van der Waals surface area contributed by atoms with Crippen LogP contribution in [-0.2, 0) is 16.1 Å². The van der Waals surface area contributed by atoms with Crippen molar-refractivity contribution in [2.75, 3.05) is 13.7 Å². The van der Waals surface area contributed by atoms with Crippen molar-refractivity contribution in [3.63, 3.8) is 0 Å². The van der Waals surface area contributed by atoms with Crippen molar-refractivity contribution >= 4 is 45.1 Å². The second-order valence-corrected chi connectivity index (χ2v) is 6.72. The van der Waals surface area contributed by atoms with Crippen LogP contribution in [0, 0.1) is 0 Å². The van der Waals surface area contributed by atoms with Crippen LogP contribution in [0.5, 0.6) is 0 Å². The second-order valence-electron chi connectivity index (χ2n) is 5.30. The highest BCUT2D eigenvalue weighted by molar-refractivity contribution is 7.16. The summed E-state index contributed by atoms with van der Waals surface area (Å²) in [5, 5.41) is 0.601. The molecule has 3 aromatic rings. The fourth-order valence-corrected chi connectivity index (χ4v) is 3.67. The number of thiazole rings is 1. The highest BCUT2D eigenvalue weighted by Crippen LogP contribution is 2.17. The van der Waals surface area contributed by atoms with Crippen LogP contribution in [-0.4, -0.2) is 24.2 Å². The van der Waals surface area contributed by atoms with Crippen molar-refractivity contribution in [1.82, 2.24) is 4.57 Å². The molecule has 0 fully saturated rings. The van der Waals surface area contributed by atoms with E-state index in [-0.39, 0.29) is 5.91 Å². The number of carbonyl (C=O) groups is 1. The van der Waals surface area contributed by atoms with Crippen molar-refractivity contribution < 1.29 is 9.53 Å². The molecule has 6 heteroatoms. The van der Waals surface area contributed by atoms with Gasteiger partial charge in [0.2, 0.25) is 0 Å². The van der Waals surface area contributed by atoms with Gasteiger partial charge < -0.3 is 9.30 Å². The summed E-state index contributed by atoms with van der Waals surface area (Å²) in [6.45, 7) is 1.19. The van der Waals surface area contributed by atoms with Gasteiger partial charge in [0.15, 0.2) is 4.80 Å². The Morgan fingerprint density at radius 1 is 1.24 bits per heavy atom. The summed E-state index contributed by atoms with van der Waals surface area (Å²) in [5.41, 5.74) is 1.84. The van der Waals surface area contributed by atoms with Gasteiger partial charge in [-0.2, -0.15) is 4.99 Å². The third-order valence-electron chi connectivity index (χ3n) is 3.62. The number of hydrogen-bond acceptors (Lipinski definition) is 3. The van der Waals surface area contributed by atoms with E-state index in [9.17, 15) is 4.79 Å². The topological polar surface area (TPSA) is 43.6 Å². The summed E-state index contributed by atoms with van der Waals surface area (Å²) in [7, 11) is 1.66. The van der Waals surface area contributed by atoms with Crippen LogP contribution in [0.1, 0.15) is 5.56 Å². The fourth-order valence-electron chi connectivity index (χ4n) is 2.41. The van der Waals surface area contributed by atoms with Crippen LogP contribution in [0.4, 0.5) is 0 Å². The zero-order valence-electron chi connectivity index (χ0n) is 13.7. The average Bonchev–Trinajstić information content (AvgIpc) is 2.96. The summed E-state index contributed by atoms with van der Waals surface area (Å²) in [6.07, 6.45) is 3.12. The number of fused-ring (bicyclic) bond motifs is 1. The molecule has 0 spiro atoms. The molecule has 1 heterocycles. The summed E-state index contributed by atoms with van der Waals surface area (Å²) in [4.78, 5) is 17.2. The van der Waals surface area contributed by atoms with Crippen LogP contribution in [0.2, 0.25) is 5.02 Å². The molecule has 2 aromatic carbocycles. The molecule has 1 amide bonds. The quantitative estimate of drug-likeness (QED) is 0.631. The monoisotopic (exact) mass is 372 g/mol. The third-order valence-corrected chi connectivity index (χ3v) is 5.03. The molecule has 0 aliphatic carbocycles. The molecule has 0 unspecified atom stereocenters. The van der Waals surface area contributed by atoms with E-state index >= 15 is 0 Å². The van der Waals surface area contributed by atoms with E-state index in [1.165, 1.54) is 17.4 Å². The summed E-state index contributed by atoms with van der Waals surface area (Å²) >= 11 is 7.58. The molecule has 25 heavy (non-hydrogen) atoms. The zero-order chi connectivity index (χ0) is 17.6. The first kappa shape index (κ1) is 17.6. The predicted octanol–water partition coefficient (Wildman–Crippen LogP) is 4.14. The first-order valence-electron chi connectivity index (χ1n) is 7.77. The lowest BCUT2D eigenvalue weighted by molar-refractivity contribution is -0.113. The molecule has 0 N–H and O–H groups in total. The van der Waals surface area contributed by atoms with E-state index in [0.717, 1.165) is 15.8 Å². The van der Waals surface area contributed by atoms with Gasteiger partial charge in [0.25, 0.3) is 5.91 Å². The molecule has 128 valence electrons. The lowest BCUT2D eigenvalue weighted by Gasteiger charge is -2.03. The van der Waals surface area contributed by atoms with Crippen LogP contribution in [0.3, 0.4) is 0 Å². The molecule has 0 saturated carbocycles. The summed E-state index contributed by atoms with van der Waals surface area (Å²) in [5.74, 6) is -0.322. The Morgan fingerprint density at radius 2 is 2.00 bits per heavy atom. The molecular weight excluding hydrogens is 356 g/mol. The maximum absolute atomic E-state index is 12.3. The van der Waals surface area contributed by atoms with Gasteiger partial charge in [-0.05, 0) is 29.8 Å². The van der Waals surface area contributed by atoms with Crippen LogP contribution >= 0.6 is 22.9 Å². The smallest absolute Gasteiger partial charge is 0.272 e. The Labute approximate surface area is 154 Å². The fraction of sp³-hybridized carbons (Fsp3) is 0.158. The van der Waals surface area contributed by atoms with Gasteiger partial charge in [-0.15, -0.1) is 0 Å². The maximum atomic E-state index is 12.3. The number of rotatable bonds is 5. The number of benzene rings is 2. The van der Waals surface area contributed by atoms with Crippen molar-refractivity contribution in [2.24, 2.45) is 4.99 Å². The van der Waals surface area contributed by atoms with Crippen molar-refractivity contribution in [1.29, 1.82) is 0 Å². The number of halogens is 1. The normalized spacial score (nSPS) is 12.3. The molecule has 0 atom stereocenters. The van der Waals surface area contributed by atoms with E-state index in [1.54, 1.807) is 19.3 Å². The average molecular weight is 373 g/mol. The second kappa shape index (κ2) is 8.25. The van der Waals surface area contributed by atoms with Crippen molar-refractivity contribution in [3.8, 4) is 0 Å². The number of hydrogen-bond donors (Lipinski definition) is 0. The number of para-hydroxylation sites is 1. The van der Waals surface area contributed by atoms with E-state index in [4.69, 9.17) is 16.3 Å². The number of carbonyl (C=O) groups excluding carboxylic acids is 1. The first-order chi connectivity index (χ1) is 12.2. The standard InChI is InChI=1S/C19H17ClN2O2S/c1-24-13-12-22-16-8-4-5-9-17(16)25-19(22)21-18(23)11-10-14-6-2-3-7-15(14)20/h2-11H,12-13H2,1H3/b11-10+,21-19?. The number of amides is 1. The van der Waals surface area contributed by atoms with Gasteiger partial charge in [0.05, 0.1) is 16.8 Å². The minimum atomic E-state index is -0.322. The predicted molar refractivity (Wildman–Crippen MR) is 103 cm³/mol. The summed E-state index contributed by atoms with van der Waals surface area (Å²) in [6, 6.07) is 15.3. The Hall–Kier alpha value is -2.21. The highest BCUT2D eigenvalue weighted by atomic mass is 35.5. The lowest BCUT2D eigenvalue weighted by atomic mass is 10.2. The lowest BCUT2D eigenvalue weighted by Crippen LogP contribution is -2.18. The molecule has 0 radical (unpaired) electrons. The number of nitrogens with zero attached hydrogens (tertiary/aromatic N) is 2. The van der Waals surface area contributed by atoms with E-state index in [1.807, 2.05) is 47.0 Å². The van der Waals surface area contributed by atoms with Gasteiger partial charge in [0.1, 0.15) is 0 Å². The van der Waals surface area contributed by atoms with E-state index < -0.39 is 0 Å². The van der Waals surface area contributed by atoms with Crippen LogP contribution < -0.4 is 4.80 Å². The van der Waals surface area contributed by atoms with E-state index in [2.05, 4.69) is 4.99 Å². The zero-order valence-corrected chi connectivity index (χ0v) is 15.3. The maximum Gasteiger partial charge on any atom is 0.272 e. The van der Waals surface area contributed by atoms with Crippen molar-refractivity contribution in [2.45, 2.75) is 6.54 Å². The number of methoxy groups -OCH3 is 1. The Morgan fingerprint density at radius 3 is 2.80 bits per heavy atom. The highest BCUT2D eigenvalue weighted by Gasteiger charge is 2.06. The molecule has 4 nitrogen and oxygen atoms in total. The molecule has 1 aromatic heterocycles. The van der Waals surface area contributed by atoms with Gasteiger partial charge >= 0.3 is 0 Å². The summed E-state index contributed by atoms with van der Waals surface area (Å²) < 4.78 is 8.26. The molecule has 0 bridgehead atoms. The van der Waals surface area contributed by atoms with Crippen LogP contribution in [0.15, 0.2) is 59.6 Å². The first-order valence-corrected chi connectivity index (χ1v) is 8.97. The Bertz CT molecular complexity index is 988. The third kappa shape index (κ3) is 4.25. The molecule has 0 aliphatic rings. The molecule has 3 rings (SSSR count). The van der Waals surface area contributed by atoms with Gasteiger partial charge in [-0.1, -0.05) is 53.3 Å². The number of ether oxygens (including phenoxy) is 1. The number of aromatic nitrogens is 1. The molecular formula is C19H17ClN2O2S. The SMILES string of the molecule is COCCn1c(=NC(=O)/C=C/c2ccccc2Cl)sc2ccccc21. The molecule has 0 aliphatic heterocycles. The van der Waals surface area contributed by atoms with Crippen LogP contribution in [0.25, 0.3) is 16.3 Å². The minimum Gasteiger partial charge on any atom is -0.383 e. The van der Waals surface area contributed by atoms with Gasteiger partial charge in [-0.3, -0.25) is 4.79 Å². The van der Waals surface area contributed by atoms with Crippen molar-refractivity contribution in [3.05, 3.63) is 70.0 Å². The Kier molecular flexibility index (Phi) is 5.81. The van der Waals surface area contributed by atoms with Gasteiger partial charge in [0, 0.05) is 24.8 Å².